The molecular formula is C22H21NO2. The number of carbonyl (C=O) groups is 1. The lowest BCUT2D eigenvalue weighted by molar-refractivity contribution is 0.0977. The summed E-state index contributed by atoms with van der Waals surface area (Å²) in [6.07, 6.45) is 1.98. The maximum absolute atomic E-state index is 12.9. The van der Waals surface area contributed by atoms with Crippen molar-refractivity contribution in [3.05, 3.63) is 106 Å². The predicted molar refractivity (Wildman–Crippen MR) is 100 cm³/mol. The topological polar surface area (TPSA) is 39.1 Å². The Morgan fingerprint density at radius 2 is 1.64 bits per heavy atom. The maximum Gasteiger partial charge on any atom is 0.250 e. The van der Waals surface area contributed by atoms with Crippen molar-refractivity contribution in [1.29, 1.82) is 0 Å². The number of rotatable bonds is 5. The second kappa shape index (κ2) is 7.31. The number of aryl methyl sites for hydroxylation is 2. The Balaban J connectivity index is 1.98. The van der Waals surface area contributed by atoms with Gasteiger partial charge in [0, 0.05) is 37.2 Å². The third-order valence-corrected chi connectivity index (χ3v) is 4.56. The molecule has 0 amide bonds. The van der Waals surface area contributed by atoms with E-state index in [1.54, 1.807) is 19.3 Å². The van der Waals surface area contributed by atoms with Crippen LogP contribution in [-0.2, 0) is 7.05 Å². The van der Waals surface area contributed by atoms with Crippen LogP contribution in [0.3, 0.4) is 0 Å². The zero-order chi connectivity index (χ0) is 17.8. The molecule has 0 saturated carbocycles. The summed E-state index contributed by atoms with van der Waals surface area (Å²) in [6.45, 7) is 2.07. The molecular weight excluding hydrogens is 310 g/mol. The first-order chi connectivity index (χ1) is 12.1. The molecule has 3 heteroatoms. The predicted octanol–water partition coefficient (Wildman–Crippen LogP) is 4.10. The fourth-order valence-corrected chi connectivity index (χ4v) is 3.13. The lowest BCUT2D eigenvalue weighted by atomic mass is 9.84. The van der Waals surface area contributed by atoms with Gasteiger partial charge in [0.15, 0.2) is 5.78 Å². The number of benzene rings is 2. The number of hydrogen-bond donors (Lipinski definition) is 0. The lowest BCUT2D eigenvalue weighted by Crippen LogP contribution is -2.17. The number of carbonyl (C=O) groups excluding carboxylic acids is 1. The average Bonchev–Trinajstić information content (AvgIpc) is 2.63. The van der Waals surface area contributed by atoms with Crippen molar-refractivity contribution < 1.29 is 4.79 Å². The summed E-state index contributed by atoms with van der Waals surface area (Å²) < 4.78 is 1.44. The molecule has 1 atom stereocenters. The van der Waals surface area contributed by atoms with E-state index in [2.05, 4.69) is 31.2 Å². The first-order valence-corrected chi connectivity index (χ1v) is 8.36. The van der Waals surface area contributed by atoms with Crippen LogP contribution in [0.2, 0.25) is 0 Å². The number of Topliss-reactive ketones (excluding diaryl/α,β-unsaturated/α-hetero) is 1. The SMILES string of the molecule is Cc1ccccc1C(CC(=O)c1ccc(=O)n(C)c1)c1ccccc1. The molecule has 0 bridgehead atoms. The first kappa shape index (κ1) is 16.9. The van der Waals surface area contributed by atoms with Crippen LogP contribution in [0.15, 0.2) is 77.7 Å². The minimum absolute atomic E-state index is 0.00728. The molecule has 0 aliphatic carbocycles. The van der Waals surface area contributed by atoms with Gasteiger partial charge in [-0.05, 0) is 29.7 Å². The van der Waals surface area contributed by atoms with Gasteiger partial charge >= 0.3 is 0 Å². The zero-order valence-electron chi connectivity index (χ0n) is 14.5. The first-order valence-electron chi connectivity index (χ1n) is 8.36. The monoisotopic (exact) mass is 331 g/mol. The van der Waals surface area contributed by atoms with Gasteiger partial charge in [-0.3, -0.25) is 9.59 Å². The fraction of sp³-hybridized carbons (Fsp3) is 0.182. The normalized spacial score (nSPS) is 11.9. The van der Waals surface area contributed by atoms with Gasteiger partial charge in [-0.15, -0.1) is 0 Å². The Morgan fingerprint density at radius 1 is 0.960 bits per heavy atom. The van der Waals surface area contributed by atoms with Gasteiger partial charge < -0.3 is 4.57 Å². The van der Waals surface area contributed by atoms with Crippen LogP contribution in [0, 0.1) is 6.92 Å². The summed E-state index contributed by atoms with van der Waals surface area (Å²) >= 11 is 0. The van der Waals surface area contributed by atoms with Gasteiger partial charge in [0.1, 0.15) is 0 Å². The van der Waals surface area contributed by atoms with Gasteiger partial charge in [-0.2, -0.15) is 0 Å². The second-order valence-electron chi connectivity index (χ2n) is 6.31. The molecule has 2 aromatic carbocycles. The van der Waals surface area contributed by atoms with E-state index >= 15 is 0 Å². The Hall–Kier alpha value is -2.94. The van der Waals surface area contributed by atoms with Gasteiger partial charge in [-0.1, -0.05) is 54.6 Å². The number of nitrogens with zero attached hydrogens (tertiary/aromatic N) is 1. The van der Waals surface area contributed by atoms with E-state index in [4.69, 9.17) is 0 Å². The number of ketones is 1. The summed E-state index contributed by atoms with van der Waals surface area (Å²) in [4.78, 5) is 24.4. The van der Waals surface area contributed by atoms with Crippen molar-refractivity contribution in [3.63, 3.8) is 0 Å². The van der Waals surface area contributed by atoms with Gasteiger partial charge in [0.2, 0.25) is 5.56 Å². The second-order valence-corrected chi connectivity index (χ2v) is 6.31. The van der Waals surface area contributed by atoms with E-state index in [-0.39, 0.29) is 17.3 Å². The summed E-state index contributed by atoms with van der Waals surface area (Å²) in [5.74, 6) is 0.0276. The molecule has 0 radical (unpaired) electrons. The summed E-state index contributed by atoms with van der Waals surface area (Å²) in [5.41, 5.74) is 3.90. The highest BCUT2D eigenvalue weighted by molar-refractivity contribution is 5.96. The van der Waals surface area contributed by atoms with Gasteiger partial charge in [-0.25, -0.2) is 0 Å². The minimum atomic E-state index is -0.116. The third-order valence-electron chi connectivity index (χ3n) is 4.56. The summed E-state index contributed by atoms with van der Waals surface area (Å²) in [5, 5.41) is 0. The molecule has 126 valence electrons. The lowest BCUT2D eigenvalue weighted by Gasteiger charge is -2.19. The van der Waals surface area contributed by atoms with E-state index in [0.29, 0.717) is 12.0 Å². The van der Waals surface area contributed by atoms with Crippen molar-refractivity contribution in [3.8, 4) is 0 Å². The van der Waals surface area contributed by atoms with Crippen molar-refractivity contribution in [2.24, 2.45) is 7.05 Å². The van der Waals surface area contributed by atoms with E-state index in [0.717, 1.165) is 11.1 Å². The van der Waals surface area contributed by atoms with Crippen molar-refractivity contribution in [2.75, 3.05) is 0 Å². The van der Waals surface area contributed by atoms with Crippen LogP contribution in [0.1, 0.15) is 39.4 Å². The number of hydrogen-bond acceptors (Lipinski definition) is 2. The van der Waals surface area contributed by atoms with Crippen LogP contribution in [0.5, 0.6) is 0 Å². The molecule has 0 spiro atoms. The van der Waals surface area contributed by atoms with Crippen LogP contribution >= 0.6 is 0 Å². The highest BCUT2D eigenvalue weighted by Crippen LogP contribution is 2.31. The molecule has 3 aromatic rings. The summed E-state index contributed by atoms with van der Waals surface area (Å²) in [6, 6.07) is 21.3. The molecule has 0 N–H and O–H groups in total. The highest BCUT2D eigenvalue weighted by atomic mass is 16.1. The molecule has 0 aliphatic heterocycles. The Kier molecular flexibility index (Phi) is 4.94. The van der Waals surface area contributed by atoms with Crippen LogP contribution in [-0.4, -0.2) is 10.4 Å². The van der Waals surface area contributed by atoms with E-state index in [1.165, 1.54) is 16.2 Å². The molecule has 0 aliphatic rings. The molecule has 0 saturated heterocycles. The molecule has 0 fully saturated rings. The Bertz CT molecular complexity index is 941. The number of aromatic nitrogens is 1. The minimum Gasteiger partial charge on any atom is -0.318 e. The quantitative estimate of drug-likeness (QED) is 0.660. The standard InChI is InChI=1S/C22H21NO2/c1-16-8-6-7-11-19(16)20(17-9-4-3-5-10-17)14-21(24)18-12-13-22(25)23(2)15-18/h3-13,15,20H,14H2,1-2H3. The van der Waals surface area contributed by atoms with Crippen molar-refractivity contribution >= 4 is 5.78 Å². The van der Waals surface area contributed by atoms with Crippen LogP contribution < -0.4 is 5.56 Å². The van der Waals surface area contributed by atoms with E-state index in [9.17, 15) is 9.59 Å². The van der Waals surface area contributed by atoms with Crippen molar-refractivity contribution in [1.82, 2.24) is 4.57 Å². The third kappa shape index (κ3) is 3.77. The van der Waals surface area contributed by atoms with Gasteiger partial charge in [0.25, 0.3) is 0 Å². The van der Waals surface area contributed by atoms with Gasteiger partial charge in [0.05, 0.1) is 0 Å². The van der Waals surface area contributed by atoms with E-state index in [1.807, 2.05) is 30.3 Å². The van der Waals surface area contributed by atoms with E-state index < -0.39 is 0 Å². The summed E-state index contributed by atoms with van der Waals surface area (Å²) in [7, 11) is 1.66. The molecule has 1 heterocycles. The zero-order valence-corrected chi connectivity index (χ0v) is 14.5. The fourth-order valence-electron chi connectivity index (χ4n) is 3.13. The maximum atomic E-state index is 12.9. The van der Waals surface area contributed by atoms with Crippen LogP contribution in [0.25, 0.3) is 0 Å². The molecule has 1 unspecified atom stereocenters. The Morgan fingerprint density at radius 3 is 2.32 bits per heavy atom. The largest absolute Gasteiger partial charge is 0.318 e. The van der Waals surface area contributed by atoms with Crippen LogP contribution in [0.4, 0.5) is 0 Å². The highest BCUT2D eigenvalue weighted by Gasteiger charge is 2.20. The number of pyridine rings is 1. The average molecular weight is 331 g/mol. The molecule has 3 nitrogen and oxygen atoms in total. The molecule has 3 rings (SSSR count). The Labute approximate surface area is 147 Å². The molecule has 25 heavy (non-hydrogen) atoms. The molecule has 1 aromatic heterocycles. The smallest absolute Gasteiger partial charge is 0.250 e. The van der Waals surface area contributed by atoms with Crippen molar-refractivity contribution in [2.45, 2.75) is 19.3 Å².